The quantitative estimate of drug-likeness (QED) is 0.679. The molecule has 1 aliphatic heterocycles. The van der Waals surface area contributed by atoms with Crippen LogP contribution in [-0.2, 0) is 6.42 Å². The number of nitrogens with one attached hydrogen (secondary N) is 1. The predicted octanol–water partition coefficient (Wildman–Crippen LogP) is 2.44. The number of benzene rings is 1. The summed E-state index contributed by atoms with van der Waals surface area (Å²) in [4.78, 5) is 0. The van der Waals surface area contributed by atoms with E-state index < -0.39 is 12.2 Å². The lowest BCUT2D eigenvalue weighted by molar-refractivity contribution is -0.158. The Bertz CT molecular complexity index is 332. The molecule has 76 valence electrons. The Kier molecular flexibility index (Phi) is 2.23. The number of rotatable bonds is 0. The first-order valence-corrected chi connectivity index (χ1v) is 4.47. The van der Waals surface area contributed by atoms with Crippen LogP contribution in [-0.4, -0.2) is 12.7 Å². The van der Waals surface area contributed by atoms with Crippen molar-refractivity contribution in [2.45, 2.75) is 18.6 Å². The van der Waals surface area contributed by atoms with Gasteiger partial charge in [-0.1, -0.05) is 24.3 Å². The molecule has 0 unspecified atom stereocenters. The van der Waals surface area contributed by atoms with Gasteiger partial charge in [0.1, 0.15) is 6.04 Å². The van der Waals surface area contributed by atoms with E-state index in [0.29, 0.717) is 18.5 Å². The summed E-state index contributed by atoms with van der Waals surface area (Å²) in [6.45, 7) is 0.390. The summed E-state index contributed by atoms with van der Waals surface area (Å²) >= 11 is 0. The zero-order valence-electron chi connectivity index (χ0n) is 7.43. The van der Waals surface area contributed by atoms with Crippen LogP contribution in [0.3, 0.4) is 0 Å². The van der Waals surface area contributed by atoms with Crippen molar-refractivity contribution >= 4 is 0 Å². The maximum absolute atomic E-state index is 12.6. The van der Waals surface area contributed by atoms with Gasteiger partial charge in [0, 0.05) is 6.54 Å². The molecule has 1 aliphatic rings. The van der Waals surface area contributed by atoms with Crippen LogP contribution in [0, 0.1) is 0 Å². The van der Waals surface area contributed by atoms with Gasteiger partial charge < -0.3 is 5.32 Å². The second-order valence-corrected chi connectivity index (χ2v) is 3.38. The zero-order chi connectivity index (χ0) is 10.2. The van der Waals surface area contributed by atoms with Crippen molar-refractivity contribution in [3.63, 3.8) is 0 Å². The molecule has 0 spiro atoms. The van der Waals surface area contributed by atoms with Crippen molar-refractivity contribution in [3.8, 4) is 0 Å². The van der Waals surface area contributed by atoms with Crippen LogP contribution in [0.5, 0.6) is 0 Å². The molecule has 14 heavy (non-hydrogen) atoms. The summed E-state index contributed by atoms with van der Waals surface area (Å²) in [6, 6.07) is 5.23. The van der Waals surface area contributed by atoms with E-state index in [1.54, 1.807) is 24.3 Å². The highest BCUT2D eigenvalue weighted by molar-refractivity contribution is 5.33. The number of alkyl halides is 3. The zero-order valence-corrected chi connectivity index (χ0v) is 7.43. The Morgan fingerprint density at radius 1 is 1.21 bits per heavy atom. The summed E-state index contributed by atoms with van der Waals surface area (Å²) in [6.07, 6.45) is -3.53. The van der Waals surface area contributed by atoms with Crippen LogP contribution in [0.2, 0.25) is 0 Å². The van der Waals surface area contributed by atoms with E-state index in [-0.39, 0.29) is 0 Å². The molecule has 0 amide bonds. The van der Waals surface area contributed by atoms with Crippen molar-refractivity contribution in [1.29, 1.82) is 0 Å². The fraction of sp³-hybridized carbons (Fsp3) is 0.400. The first-order valence-electron chi connectivity index (χ1n) is 4.47. The van der Waals surface area contributed by atoms with Gasteiger partial charge in [-0.15, -0.1) is 0 Å². The summed E-state index contributed by atoms with van der Waals surface area (Å²) in [5, 5.41) is 2.49. The summed E-state index contributed by atoms with van der Waals surface area (Å²) < 4.78 is 37.7. The van der Waals surface area contributed by atoms with Crippen LogP contribution >= 0.6 is 0 Å². The molecular weight excluding hydrogens is 191 g/mol. The van der Waals surface area contributed by atoms with Crippen LogP contribution in [0.25, 0.3) is 0 Å². The number of hydrogen-bond donors (Lipinski definition) is 1. The van der Waals surface area contributed by atoms with Gasteiger partial charge in [-0.3, -0.25) is 0 Å². The van der Waals surface area contributed by atoms with Crippen LogP contribution in [0.4, 0.5) is 13.2 Å². The molecule has 0 saturated carbocycles. The average Bonchev–Trinajstić information content (AvgIpc) is 2.15. The first kappa shape index (κ1) is 9.52. The van der Waals surface area contributed by atoms with Gasteiger partial charge in [0.2, 0.25) is 0 Å². The van der Waals surface area contributed by atoms with E-state index in [0.717, 1.165) is 5.56 Å². The molecule has 1 heterocycles. The number of hydrogen-bond acceptors (Lipinski definition) is 1. The van der Waals surface area contributed by atoms with Crippen LogP contribution in [0.15, 0.2) is 24.3 Å². The monoisotopic (exact) mass is 201 g/mol. The van der Waals surface area contributed by atoms with E-state index in [9.17, 15) is 13.2 Å². The average molecular weight is 201 g/mol. The number of fused-ring (bicyclic) bond motifs is 1. The summed E-state index contributed by atoms with van der Waals surface area (Å²) in [7, 11) is 0. The van der Waals surface area contributed by atoms with Gasteiger partial charge in [0.05, 0.1) is 0 Å². The Morgan fingerprint density at radius 2 is 1.93 bits per heavy atom. The Hall–Kier alpha value is -1.03. The summed E-state index contributed by atoms with van der Waals surface area (Å²) in [5.74, 6) is 0. The van der Waals surface area contributed by atoms with Gasteiger partial charge in [0.15, 0.2) is 0 Å². The third-order valence-electron chi connectivity index (χ3n) is 2.44. The highest BCUT2D eigenvalue weighted by Crippen LogP contribution is 2.36. The molecule has 0 fully saturated rings. The lowest BCUT2D eigenvalue weighted by Crippen LogP contribution is -2.39. The second-order valence-electron chi connectivity index (χ2n) is 3.38. The molecule has 1 aromatic rings. The normalized spacial score (nSPS) is 21.8. The molecule has 1 atom stereocenters. The molecule has 1 nitrogen and oxygen atoms in total. The smallest absolute Gasteiger partial charge is 0.302 e. The highest BCUT2D eigenvalue weighted by Gasteiger charge is 2.42. The highest BCUT2D eigenvalue weighted by atomic mass is 19.4. The Labute approximate surface area is 79.9 Å². The van der Waals surface area contributed by atoms with E-state index in [1.165, 1.54) is 0 Å². The minimum atomic E-state index is -4.20. The van der Waals surface area contributed by atoms with Gasteiger partial charge in [-0.2, -0.15) is 13.2 Å². The standard InChI is InChI=1S/C10H10F3N/c11-10(12,13)9-8-4-2-1-3-7(8)5-6-14-9/h1-4,9,14H,5-6H2/t9-/m0/s1. The summed E-state index contributed by atoms with van der Waals surface area (Å²) in [5.41, 5.74) is 1.17. The fourth-order valence-electron chi connectivity index (χ4n) is 1.80. The SMILES string of the molecule is FC(F)(F)[C@H]1NCCc2ccccc21. The van der Waals surface area contributed by atoms with Crippen molar-refractivity contribution < 1.29 is 13.2 Å². The van der Waals surface area contributed by atoms with E-state index >= 15 is 0 Å². The maximum Gasteiger partial charge on any atom is 0.407 e. The van der Waals surface area contributed by atoms with Crippen molar-refractivity contribution in [2.75, 3.05) is 6.54 Å². The van der Waals surface area contributed by atoms with Crippen LogP contribution in [0.1, 0.15) is 17.2 Å². The van der Waals surface area contributed by atoms with Gasteiger partial charge in [-0.05, 0) is 17.5 Å². The van der Waals surface area contributed by atoms with E-state index in [1.807, 2.05) is 0 Å². The molecule has 1 aromatic carbocycles. The maximum atomic E-state index is 12.6. The molecule has 1 N–H and O–H groups in total. The third kappa shape index (κ3) is 1.62. The molecule has 0 saturated heterocycles. The van der Waals surface area contributed by atoms with Crippen LogP contribution < -0.4 is 5.32 Å². The topological polar surface area (TPSA) is 12.0 Å². The molecule has 0 aliphatic carbocycles. The largest absolute Gasteiger partial charge is 0.407 e. The van der Waals surface area contributed by atoms with E-state index in [4.69, 9.17) is 0 Å². The van der Waals surface area contributed by atoms with Gasteiger partial charge in [-0.25, -0.2) is 0 Å². The first-order chi connectivity index (χ1) is 6.59. The molecule has 2 rings (SSSR count). The second kappa shape index (κ2) is 3.28. The van der Waals surface area contributed by atoms with Crippen molar-refractivity contribution in [2.24, 2.45) is 0 Å². The van der Waals surface area contributed by atoms with Crippen molar-refractivity contribution in [3.05, 3.63) is 35.4 Å². The predicted molar refractivity (Wildman–Crippen MR) is 46.9 cm³/mol. The molecule has 0 radical (unpaired) electrons. The lowest BCUT2D eigenvalue weighted by Gasteiger charge is -2.28. The van der Waals surface area contributed by atoms with Crippen molar-refractivity contribution in [1.82, 2.24) is 5.32 Å². The number of halogens is 3. The molecular formula is C10H10F3N. The lowest BCUT2D eigenvalue weighted by atomic mass is 9.94. The molecule has 4 heteroatoms. The van der Waals surface area contributed by atoms with Gasteiger partial charge >= 0.3 is 6.18 Å². The third-order valence-corrected chi connectivity index (χ3v) is 2.44. The van der Waals surface area contributed by atoms with E-state index in [2.05, 4.69) is 5.32 Å². The molecule has 0 bridgehead atoms. The molecule has 0 aromatic heterocycles. The fourth-order valence-corrected chi connectivity index (χ4v) is 1.80. The Balaban J connectivity index is 2.41. The minimum absolute atomic E-state index is 0.367. The van der Waals surface area contributed by atoms with Gasteiger partial charge in [0.25, 0.3) is 0 Å². The Morgan fingerprint density at radius 3 is 2.64 bits per heavy atom. The minimum Gasteiger partial charge on any atom is -0.302 e.